The molecule has 0 fully saturated rings. The van der Waals surface area contributed by atoms with Gasteiger partial charge in [0.05, 0.1) is 6.21 Å². The van der Waals surface area contributed by atoms with E-state index >= 15 is 0 Å². The summed E-state index contributed by atoms with van der Waals surface area (Å²) in [4.78, 5) is 10.3. The van der Waals surface area contributed by atoms with Gasteiger partial charge < -0.3 is 5.73 Å². The maximum atomic E-state index is 13.0. The van der Waals surface area contributed by atoms with Crippen molar-refractivity contribution in [3.05, 3.63) is 35.1 Å². The van der Waals surface area contributed by atoms with Crippen molar-refractivity contribution < 1.29 is 9.18 Å². The highest BCUT2D eigenvalue weighted by molar-refractivity contribution is 9.08. The van der Waals surface area contributed by atoms with Crippen molar-refractivity contribution in [3.8, 4) is 0 Å². The highest BCUT2D eigenvalue weighted by atomic mass is 79.9. The standard InChI is InChI=1S/C9H9BrFN3O/c10-4-6-1-7(3-8(11)2-6)5-13-14-9(12)15/h1-3,5H,4H2,(H3,12,14,15). The van der Waals surface area contributed by atoms with E-state index in [2.05, 4.69) is 21.0 Å². The first-order valence-corrected chi connectivity index (χ1v) is 5.18. The zero-order valence-electron chi connectivity index (χ0n) is 7.71. The number of nitrogens with one attached hydrogen (secondary N) is 1. The first-order valence-electron chi connectivity index (χ1n) is 4.06. The van der Waals surface area contributed by atoms with Crippen molar-refractivity contribution in [2.24, 2.45) is 10.8 Å². The molecule has 80 valence electrons. The second-order valence-corrected chi connectivity index (χ2v) is 3.32. The third-order valence-electron chi connectivity index (χ3n) is 1.52. The molecule has 2 amide bonds. The molecular formula is C9H9BrFN3O. The van der Waals surface area contributed by atoms with Gasteiger partial charge in [-0.1, -0.05) is 15.9 Å². The normalized spacial score (nSPS) is 10.5. The molecule has 3 N–H and O–H groups in total. The number of urea groups is 1. The highest BCUT2D eigenvalue weighted by Crippen LogP contribution is 2.10. The second kappa shape index (κ2) is 5.45. The van der Waals surface area contributed by atoms with Gasteiger partial charge in [0.25, 0.3) is 0 Å². The van der Waals surface area contributed by atoms with Gasteiger partial charge in [0, 0.05) is 5.33 Å². The van der Waals surface area contributed by atoms with Crippen molar-refractivity contribution in [2.45, 2.75) is 5.33 Å². The minimum Gasteiger partial charge on any atom is -0.350 e. The lowest BCUT2D eigenvalue weighted by Gasteiger charge is -1.99. The molecule has 0 aromatic heterocycles. The van der Waals surface area contributed by atoms with Gasteiger partial charge in [-0.3, -0.25) is 0 Å². The molecule has 6 heteroatoms. The number of carbonyl (C=O) groups excluding carboxylic acids is 1. The maximum absolute atomic E-state index is 13.0. The summed E-state index contributed by atoms with van der Waals surface area (Å²) in [6.07, 6.45) is 1.32. The van der Waals surface area contributed by atoms with Crippen LogP contribution >= 0.6 is 15.9 Å². The predicted molar refractivity (Wildman–Crippen MR) is 59.3 cm³/mol. The number of rotatable bonds is 3. The molecule has 0 aliphatic carbocycles. The van der Waals surface area contributed by atoms with Crippen LogP contribution in [0.15, 0.2) is 23.3 Å². The number of halogens is 2. The van der Waals surface area contributed by atoms with E-state index in [0.717, 1.165) is 5.56 Å². The van der Waals surface area contributed by atoms with Crippen molar-refractivity contribution in [2.75, 3.05) is 0 Å². The Balaban J connectivity index is 2.80. The summed E-state index contributed by atoms with van der Waals surface area (Å²) in [5, 5.41) is 4.08. The number of hydrogen-bond acceptors (Lipinski definition) is 2. The fraction of sp³-hybridized carbons (Fsp3) is 0.111. The van der Waals surface area contributed by atoms with Gasteiger partial charge in [-0.2, -0.15) is 5.10 Å². The van der Waals surface area contributed by atoms with E-state index in [1.807, 2.05) is 5.43 Å². The molecule has 15 heavy (non-hydrogen) atoms. The lowest BCUT2D eigenvalue weighted by molar-refractivity contribution is 0.249. The summed E-state index contributed by atoms with van der Waals surface area (Å²) < 4.78 is 13.0. The van der Waals surface area contributed by atoms with Crippen molar-refractivity contribution in [1.29, 1.82) is 0 Å². The van der Waals surface area contributed by atoms with Crippen LogP contribution < -0.4 is 11.2 Å². The zero-order valence-corrected chi connectivity index (χ0v) is 9.29. The van der Waals surface area contributed by atoms with Crippen LogP contribution in [0.5, 0.6) is 0 Å². The van der Waals surface area contributed by atoms with E-state index in [0.29, 0.717) is 10.9 Å². The first-order chi connectivity index (χ1) is 7.11. The number of nitrogens with zero attached hydrogens (tertiary/aromatic N) is 1. The number of carbonyl (C=O) groups is 1. The predicted octanol–water partition coefficient (Wildman–Crippen LogP) is 1.72. The lowest BCUT2D eigenvalue weighted by atomic mass is 10.1. The van der Waals surface area contributed by atoms with E-state index < -0.39 is 6.03 Å². The number of benzene rings is 1. The molecule has 4 nitrogen and oxygen atoms in total. The number of amides is 2. The Morgan fingerprint density at radius 2 is 2.33 bits per heavy atom. The third kappa shape index (κ3) is 4.07. The molecule has 0 saturated heterocycles. The molecule has 0 unspecified atom stereocenters. The summed E-state index contributed by atoms with van der Waals surface area (Å²) in [5.74, 6) is -0.354. The number of nitrogens with two attached hydrogens (primary N) is 1. The monoisotopic (exact) mass is 273 g/mol. The van der Waals surface area contributed by atoms with Gasteiger partial charge in [0.15, 0.2) is 0 Å². The minimum atomic E-state index is -0.761. The van der Waals surface area contributed by atoms with Crippen LogP contribution in [-0.2, 0) is 5.33 Å². The molecule has 1 aromatic rings. The van der Waals surface area contributed by atoms with Crippen LogP contribution in [0.1, 0.15) is 11.1 Å². The van der Waals surface area contributed by atoms with E-state index in [1.54, 1.807) is 6.07 Å². The largest absolute Gasteiger partial charge is 0.350 e. The molecule has 1 rings (SSSR count). The van der Waals surface area contributed by atoms with Crippen molar-refractivity contribution in [1.82, 2.24) is 5.43 Å². The topological polar surface area (TPSA) is 67.5 Å². The smallest absolute Gasteiger partial charge is 0.332 e. The average Bonchev–Trinajstić information content (AvgIpc) is 2.16. The second-order valence-electron chi connectivity index (χ2n) is 2.76. The van der Waals surface area contributed by atoms with Crippen LogP contribution in [-0.4, -0.2) is 12.2 Å². The number of hydrazone groups is 1. The van der Waals surface area contributed by atoms with Gasteiger partial charge in [0.1, 0.15) is 5.82 Å². The number of alkyl halides is 1. The lowest BCUT2D eigenvalue weighted by Crippen LogP contribution is -2.24. The van der Waals surface area contributed by atoms with Crippen LogP contribution in [0, 0.1) is 5.82 Å². The van der Waals surface area contributed by atoms with Crippen molar-refractivity contribution in [3.63, 3.8) is 0 Å². The van der Waals surface area contributed by atoms with Crippen LogP contribution in [0.25, 0.3) is 0 Å². The summed E-state index contributed by atoms with van der Waals surface area (Å²) >= 11 is 3.22. The molecular weight excluding hydrogens is 265 g/mol. The third-order valence-corrected chi connectivity index (χ3v) is 2.17. The molecule has 1 aromatic carbocycles. The van der Waals surface area contributed by atoms with Gasteiger partial charge in [-0.05, 0) is 29.3 Å². The van der Waals surface area contributed by atoms with Crippen LogP contribution in [0.3, 0.4) is 0 Å². The Morgan fingerprint density at radius 3 is 2.93 bits per heavy atom. The molecule has 0 atom stereocenters. The highest BCUT2D eigenvalue weighted by Gasteiger charge is 1.98. The Morgan fingerprint density at radius 1 is 1.60 bits per heavy atom. The summed E-state index contributed by atoms with van der Waals surface area (Å²) in [6, 6.07) is 3.69. The molecule has 0 spiro atoms. The summed E-state index contributed by atoms with van der Waals surface area (Å²) in [5.41, 5.74) is 8.16. The van der Waals surface area contributed by atoms with Gasteiger partial charge >= 0.3 is 6.03 Å². The molecule has 0 aliphatic heterocycles. The zero-order chi connectivity index (χ0) is 11.3. The maximum Gasteiger partial charge on any atom is 0.332 e. The average molecular weight is 274 g/mol. The Kier molecular flexibility index (Phi) is 4.23. The van der Waals surface area contributed by atoms with Gasteiger partial charge in [-0.15, -0.1) is 0 Å². The molecule has 0 radical (unpaired) electrons. The SMILES string of the molecule is NC(=O)NN=Cc1cc(F)cc(CBr)c1. The molecule has 0 aliphatic rings. The summed E-state index contributed by atoms with van der Waals surface area (Å²) in [7, 11) is 0. The van der Waals surface area contributed by atoms with Crippen molar-refractivity contribution >= 4 is 28.2 Å². The fourth-order valence-electron chi connectivity index (χ4n) is 0.998. The molecule has 0 bridgehead atoms. The quantitative estimate of drug-likeness (QED) is 0.492. The van der Waals surface area contributed by atoms with E-state index in [9.17, 15) is 9.18 Å². The number of hydrogen-bond donors (Lipinski definition) is 2. The van der Waals surface area contributed by atoms with E-state index in [4.69, 9.17) is 5.73 Å². The summed E-state index contributed by atoms with van der Waals surface area (Å²) in [6.45, 7) is 0. The first kappa shape index (κ1) is 11.6. The van der Waals surface area contributed by atoms with E-state index in [-0.39, 0.29) is 5.82 Å². The van der Waals surface area contributed by atoms with E-state index in [1.165, 1.54) is 18.3 Å². The van der Waals surface area contributed by atoms with Gasteiger partial charge in [-0.25, -0.2) is 14.6 Å². The number of primary amides is 1. The van der Waals surface area contributed by atoms with Crippen LogP contribution in [0.4, 0.5) is 9.18 Å². The van der Waals surface area contributed by atoms with Gasteiger partial charge in [0.2, 0.25) is 0 Å². The fourth-order valence-corrected chi connectivity index (χ4v) is 1.32. The molecule has 0 heterocycles. The molecule has 0 saturated carbocycles. The Labute approximate surface area is 94.5 Å². The minimum absolute atomic E-state index is 0.354. The Bertz CT molecular complexity index is 395. The van der Waals surface area contributed by atoms with Crippen LogP contribution in [0.2, 0.25) is 0 Å². The Hall–Kier alpha value is -1.43.